The molecule has 0 aliphatic carbocycles. The summed E-state index contributed by atoms with van der Waals surface area (Å²) in [4.78, 5) is 0.961. The highest BCUT2D eigenvalue weighted by molar-refractivity contribution is 7.15. The van der Waals surface area contributed by atoms with E-state index in [9.17, 15) is 0 Å². The van der Waals surface area contributed by atoms with Crippen LogP contribution in [0.2, 0.25) is 0 Å². The van der Waals surface area contributed by atoms with Crippen LogP contribution in [-0.2, 0) is 11.8 Å². The van der Waals surface area contributed by atoms with Crippen LogP contribution in [0.25, 0.3) is 4.96 Å². The molecule has 0 atom stereocenters. The van der Waals surface area contributed by atoms with Gasteiger partial charge >= 0.3 is 0 Å². The fourth-order valence-electron chi connectivity index (χ4n) is 1.58. The van der Waals surface area contributed by atoms with Crippen molar-refractivity contribution in [2.24, 2.45) is 5.73 Å². The van der Waals surface area contributed by atoms with Crippen LogP contribution in [0, 0.1) is 0 Å². The molecule has 0 radical (unpaired) electrons. The first kappa shape index (κ1) is 10.6. The van der Waals surface area contributed by atoms with E-state index in [1.165, 1.54) is 5.69 Å². The molecule has 15 heavy (non-hydrogen) atoms. The van der Waals surface area contributed by atoms with Crippen molar-refractivity contribution in [2.45, 2.75) is 32.6 Å². The molecule has 0 fully saturated rings. The molecule has 2 aromatic heterocycles. The molecule has 2 heterocycles. The molecule has 0 spiro atoms. The Kier molecular flexibility index (Phi) is 2.52. The average molecular weight is 224 g/mol. The topological polar surface area (TPSA) is 56.2 Å². The summed E-state index contributed by atoms with van der Waals surface area (Å²) in [6, 6.07) is 0. The Morgan fingerprint density at radius 1 is 1.40 bits per heavy atom. The molecule has 0 bridgehead atoms. The molecule has 0 saturated carbocycles. The number of aromatic nitrogens is 3. The minimum atomic E-state index is 0.115. The molecule has 0 unspecified atom stereocenters. The highest BCUT2D eigenvalue weighted by atomic mass is 32.1. The summed E-state index contributed by atoms with van der Waals surface area (Å²) in [6.45, 7) is 7.20. The van der Waals surface area contributed by atoms with Crippen LogP contribution in [0.1, 0.15) is 32.3 Å². The lowest BCUT2D eigenvalue weighted by atomic mass is 9.93. The number of hydrogen-bond donors (Lipinski definition) is 1. The van der Waals surface area contributed by atoms with E-state index < -0.39 is 0 Å². The molecular weight excluding hydrogens is 208 g/mol. The van der Waals surface area contributed by atoms with Gasteiger partial charge in [-0.1, -0.05) is 20.8 Å². The van der Waals surface area contributed by atoms with Gasteiger partial charge in [-0.15, -0.1) is 21.5 Å². The molecule has 2 N–H and O–H groups in total. The lowest BCUT2D eigenvalue weighted by molar-refractivity contribution is 0.559. The van der Waals surface area contributed by atoms with Crippen LogP contribution >= 0.6 is 11.3 Å². The second-order valence-electron chi connectivity index (χ2n) is 4.64. The van der Waals surface area contributed by atoms with Crippen molar-refractivity contribution >= 4 is 16.3 Å². The van der Waals surface area contributed by atoms with Crippen LogP contribution in [0.4, 0.5) is 0 Å². The first-order valence-corrected chi connectivity index (χ1v) is 5.94. The summed E-state index contributed by atoms with van der Waals surface area (Å²) in [6.07, 6.45) is 0.779. The van der Waals surface area contributed by atoms with Crippen LogP contribution < -0.4 is 5.73 Å². The van der Waals surface area contributed by atoms with Crippen LogP contribution in [-0.4, -0.2) is 21.1 Å². The Morgan fingerprint density at radius 3 is 2.73 bits per heavy atom. The fourth-order valence-corrected chi connectivity index (χ4v) is 2.66. The van der Waals surface area contributed by atoms with Crippen LogP contribution in [0.5, 0.6) is 0 Å². The fraction of sp³-hybridized carbons (Fsp3) is 0.600. The minimum absolute atomic E-state index is 0.115. The predicted molar refractivity (Wildman–Crippen MR) is 62.3 cm³/mol. The molecular formula is C10H16N4S. The SMILES string of the molecule is CC(C)(C)c1csc2nnc(CCN)n12. The molecule has 2 aromatic rings. The summed E-state index contributed by atoms with van der Waals surface area (Å²) < 4.78 is 2.14. The van der Waals surface area contributed by atoms with Gasteiger partial charge in [0.15, 0.2) is 0 Å². The Hall–Kier alpha value is -0.940. The number of rotatable bonds is 2. The zero-order valence-corrected chi connectivity index (χ0v) is 10.1. The average Bonchev–Trinajstić information content (AvgIpc) is 2.66. The highest BCUT2D eigenvalue weighted by Gasteiger charge is 2.21. The molecule has 0 aliphatic rings. The van der Waals surface area contributed by atoms with Crippen molar-refractivity contribution in [3.05, 3.63) is 16.9 Å². The second kappa shape index (κ2) is 3.57. The lowest BCUT2D eigenvalue weighted by Crippen LogP contribution is -2.16. The maximum atomic E-state index is 5.56. The monoisotopic (exact) mass is 224 g/mol. The van der Waals surface area contributed by atoms with Gasteiger partial charge in [0.2, 0.25) is 4.96 Å². The molecule has 82 valence electrons. The molecule has 2 rings (SSSR count). The zero-order chi connectivity index (χ0) is 11.1. The van der Waals surface area contributed by atoms with Gasteiger partial charge in [-0.25, -0.2) is 0 Å². The molecule has 0 aliphatic heterocycles. The van der Waals surface area contributed by atoms with E-state index in [0.29, 0.717) is 6.54 Å². The number of nitrogens with two attached hydrogens (primary N) is 1. The van der Waals surface area contributed by atoms with E-state index >= 15 is 0 Å². The van der Waals surface area contributed by atoms with Gasteiger partial charge in [-0.2, -0.15) is 0 Å². The van der Waals surface area contributed by atoms with Crippen molar-refractivity contribution in [2.75, 3.05) is 6.54 Å². The van der Waals surface area contributed by atoms with E-state index in [0.717, 1.165) is 17.2 Å². The van der Waals surface area contributed by atoms with Crippen LogP contribution in [0.15, 0.2) is 5.38 Å². The molecule has 0 saturated heterocycles. The Bertz CT molecular complexity index is 463. The maximum absolute atomic E-state index is 5.56. The van der Waals surface area contributed by atoms with Crippen molar-refractivity contribution in [1.29, 1.82) is 0 Å². The van der Waals surface area contributed by atoms with Gasteiger partial charge in [0, 0.05) is 22.9 Å². The van der Waals surface area contributed by atoms with Crippen molar-refractivity contribution < 1.29 is 0 Å². The van der Waals surface area contributed by atoms with Gasteiger partial charge in [-0.3, -0.25) is 4.40 Å². The molecule has 4 nitrogen and oxygen atoms in total. The van der Waals surface area contributed by atoms with Gasteiger partial charge in [-0.05, 0) is 6.54 Å². The first-order chi connectivity index (χ1) is 7.04. The summed E-state index contributed by atoms with van der Waals surface area (Å²) in [5.41, 5.74) is 6.94. The third-order valence-corrected chi connectivity index (χ3v) is 3.17. The summed E-state index contributed by atoms with van der Waals surface area (Å²) in [5, 5.41) is 10.5. The Balaban J connectivity index is 2.60. The summed E-state index contributed by atoms with van der Waals surface area (Å²) in [7, 11) is 0. The third-order valence-electron chi connectivity index (χ3n) is 2.35. The molecule has 0 amide bonds. The zero-order valence-electron chi connectivity index (χ0n) is 9.32. The number of hydrogen-bond acceptors (Lipinski definition) is 4. The maximum Gasteiger partial charge on any atom is 0.216 e. The standard InChI is InChI=1S/C10H16N4S/c1-10(2,3)7-6-15-9-13-12-8(4-5-11)14(7)9/h6H,4-5,11H2,1-3H3. The molecule has 5 heteroatoms. The quantitative estimate of drug-likeness (QED) is 0.842. The van der Waals surface area contributed by atoms with Gasteiger partial charge in [0.1, 0.15) is 5.82 Å². The van der Waals surface area contributed by atoms with E-state index in [1.807, 2.05) is 0 Å². The normalized spacial score (nSPS) is 12.5. The summed E-state index contributed by atoms with van der Waals surface area (Å²) in [5.74, 6) is 0.971. The van der Waals surface area contributed by atoms with Crippen molar-refractivity contribution in [3.63, 3.8) is 0 Å². The minimum Gasteiger partial charge on any atom is -0.330 e. The van der Waals surface area contributed by atoms with Gasteiger partial charge < -0.3 is 5.73 Å². The Labute approximate surface area is 93.1 Å². The summed E-state index contributed by atoms with van der Waals surface area (Å²) >= 11 is 1.64. The largest absolute Gasteiger partial charge is 0.330 e. The third kappa shape index (κ3) is 1.77. The van der Waals surface area contributed by atoms with Gasteiger partial charge in [0.05, 0.1) is 0 Å². The van der Waals surface area contributed by atoms with E-state index in [-0.39, 0.29) is 5.41 Å². The Morgan fingerprint density at radius 2 is 2.13 bits per heavy atom. The van der Waals surface area contributed by atoms with E-state index in [2.05, 4.69) is 40.7 Å². The van der Waals surface area contributed by atoms with Crippen molar-refractivity contribution in [1.82, 2.24) is 14.6 Å². The van der Waals surface area contributed by atoms with Crippen molar-refractivity contribution in [3.8, 4) is 0 Å². The second-order valence-corrected chi connectivity index (χ2v) is 5.48. The van der Waals surface area contributed by atoms with E-state index in [4.69, 9.17) is 5.73 Å². The smallest absolute Gasteiger partial charge is 0.216 e. The van der Waals surface area contributed by atoms with E-state index in [1.54, 1.807) is 11.3 Å². The number of thiazole rings is 1. The first-order valence-electron chi connectivity index (χ1n) is 5.06. The molecule has 0 aromatic carbocycles. The van der Waals surface area contributed by atoms with Crippen LogP contribution in [0.3, 0.4) is 0 Å². The lowest BCUT2D eigenvalue weighted by Gasteiger charge is -2.17. The number of fused-ring (bicyclic) bond motifs is 1. The number of nitrogens with zero attached hydrogens (tertiary/aromatic N) is 3. The van der Waals surface area contributed by atoms with Gasteiger partial charge in [0.25, 0.3) is 0 Å². The highest BCUT2D eigenvalue weighted by Crippen LogP contribution is 2.27. The predicted octanol–water partition coefficient (Wildman–Crippen LogP) is 1.59.